The van der Waals surface area contributed by atoms with Crippen LogP contribution in [0.4, 0.5) is 0 Å². The maximum Gasteiger partial charge on any atom is 0.0637 e. The highest BCUT2D eigenvalue weighted by molar-refractivity contribution is 4.75. The summed E-state index contributed by atoms with van der Waals surface area (Å²) >= 11 is 0. The van der Waals surface area contributed by atoms with Crippen molar-refractivity contribution in [2.45, 2.75) is 44.8 Å². The smallest absolute Gasteiger partial charge is 0.0637 e. The molecule has 0 aromatic rings. The third-order valence-electron chi connectivity index (χ3n) is 2.23. The lowest BCUT2D eigenvalue weighted by molar-refractivity contribution is 0.00899. The fourth-order valence-corrected chi connectivity index (χ4v) is 1.31. The Morgan fingerprint density at radius 1 is 1.31 bits per heavy atom. The molecule has 0 aliphatic carbocycles. The SMILES string of the molecule is COCCCC(N)CC(C)(C)OC. The molecular weight excluding hydrogens is 166 g/mol. The van der Waals surface area contributed by atoms with E-state index in [0.717, 1.165) is 25.9 Å². The first-order valence-corrected chi connectivity index (χ1v) is 4.81. The van der Waals surface area contributed by atoms with Crippen LogP contribution >= 0.6 is 0 Å². The summed E-state index contributed by atoms with van der Waals surface area (Å²) in [6, 6.07) is 0.213. The van der Waals surface area contributed by atoms with Gasteiger partial charge in [-0.1, -0.05) is 0 Å². The molecule has 0 radical (unpaired) electrons. The van der Waals surface area contributed by atoms with Crippen LogP contribution in [0.15, 0.2) is 0 Å². The van der Waals surface area contributed by atoms with Gasteiger partial charge in [-0.05, 0) is 33.1 Å². The second-order valence-corrected chi connectivity index (χ2v) is 4.06. The minimum Gasteiger partial charge on any atom is -0.385 e. The lowest BCUT2D eigenvalue weighted by atomic mass is 9.96. The van der Waals surface area contributed by atoms with E-state index >= 15 is 0 Å². The Morgan fingerprint density at radius 3 is 2.38 bits per heavy atom. The van der Waals surface area contributed by atoms with E-state index in [-0.39, 0.29) is 11.6 Å². The highest BCUT2D eigenvalue weighted by Crippen LogP contribution is 2.16. The Morgan fingerprint density at radius 2 is 1.92 bits per heavy atom. The standard InChI is InChI=1S/C10H23NO2/c1-10(2,13-4)8-9(11)6-5-7-12-3/h9H,5-8,11H2,1-4H3. The quantitative estimate of drug-likeness (QED) is 0.618. The lowest BCUT2D eigenvalue weighted by Crippen LogP contribution is -2.33. The van der Waals surface area contributed by atoms with Crippen LogP contribution in [0.3, 0.4) is 0 Å². The van der Waals surface area contributed by atoms with Crippen molar-refractivity contribution in [2.75, 3.05) is 20.8 Å². The molecule has 0 fully saturated rings. The highest BCUT2D eigenvalue weighted by Gasteiger charge is 2.19. The Labute approximate surface area is 81.6 Å². The monoisotopic (exact) mass is 189 g/mol. The summed E-state index contributed by atoms with van der Waals surface area (Å²) in [6.07, 6.45) is 2.92. The van der Waals surface area contributed by atoms with Crippen LogP contribution in [-0.2, 0) is 9.47 Å². The normalized spacial score (nSPS) is 14.5. The molecule has 1 atom stereocenters. The molecule has 13 heavy (non-hydrogen) atoms. The van der Waals surface area contributed by atoms with Crippen molar-refractivity contribution in [3.8, 4) is 0 Å². The van der Waals surface area contributed by atoms with Gasteiger partial charge in [-0.15, -0.1) is 0 Å². The van der Waals surface area contributed by atoms with Gasteiger partial charge in [0.15, 0.2) is 0 Å². The fourth-order valence-electron chi connectivity index (χ4n) is 1.31. The van der Waals surface area contributed by atoms with Crippen molar-refractivity contribution < 1.29 is 9.47 Å². The number of hydrogen-bond acceptors (Lipinski definition) is 3. The summed E-state index contributed by atoms with van der Waals surface area (Å²) in [7, 11) is 3.44. The molecule has 0 rings (SSSR count). The molecule has 0 aromatic carbocycles. The number of methoxy groups -OCH3 is 2. The average molecular weight is 189 g/mol. The molecular formula is C10H23NO2. The van der Waals surface area contributed by atoms with Gasteiger partial charge in [0.2, 0.25) is 0 Å². The summed E-state index contributed by atoms with van der Waals surface area (Å²) in [5, 5.41) is 0. The van der Waals surface area contributed by atoms with Gasteiger partial charge in [0, 0.05) is 26.9 Å². The zero-order valence-corrected chi connectivity index (χ0v) is 9.30. The summed E-state index contributed by atoms with van der Waals surface area (Å²) in [5.41, 5.74) is 5.84. The first-order valence-electron chi connectivity index (χ1n) is 4.81. The van der Waals surface area contributed by atoms with Gasteiger partial charge in [0.25, 0.3) is 0 Å². The molecule has 0 spiro atoms. The summed E-state index contributed by atoms with van der Waals surface area (Å²) in [5.74, 6) is 0. The number of nitrogens with two attached hydrogens (primary N) is 1. The van der Waals surface area contributed by atoms with Crippen LogP contribution < -0.4 is 5.73 Å². The van der Waals surface area contributed by atoms with Gasteiger partial charge in [0.1, 0.15) is 0 Å². The Hall–Kier alpha value is -0.120. The van der Waals surface area contributed by atoms with Gasteiger partial charge >= 0.3 is 0 Å². The van der Waals surface area contributed by atoms with Crippen LogP contribution in [0.1, 0.15) is 33.1 Å². The fraction of sp³-hybridized carbons (Fsp3) is 1.00. The molecule has 3 nitrogen and oxygen atoms in total. The Bertz CT molecular complexity index is 126. The van der Waals surface area contributed by atoms with E-state index in [1.807, 2.05) is 0 Å². The minimum atomic E-state index is -0.105. The number of rotatable bonds is 7. The molecule has 0 aromatic heterocycles. The first kappa shape index (κ1) is 12.9. The van der Waals surface area contributed by atoms with Crippen LogP contribution in [0, 0.1) is 0 Å². The molecule has 0 aliphatic rings. The largest absolute Gasteiger partial charge is 0.385 e. The van der Waals surface area contributed by atoms with Crippen molar-refractivity contribution in [1.29, 1.82) is 0 Å². The van der Waals surface area contributed by atoms with Crippen LogP contribution in [0.2, 0.25) is 0 Å². The van der Waals surface area contributed by atoms with E-state index in [9.17, 15) is 0 Å². The molecule has 80 valence electrons. The van der Waals surface area contributed by atoms with Crippen LogP contribution in [0.25, 0.3) is 0 Å². The molecule has 0 aliphatic heterocycles. The molecule has 0 saturated carbocycles. The predicted molar refractivity (Wildman–Crippen MR) is 54.8 cm³/mol. The molecule has 1 unspecified atom stereocenters. The van der Waals surface area contributed by atoms with Crippen LogP contribution in [-0.4, -0.2) is 32.5 Å². The molecule has 0 bridgehead atoms. The molecule has 3 heteroatoms. The molecule has 0 saturated heterocycles. The van der Waals surface area contributed by atoms with Gasteiger partial charge < -0.3 is 15.2 Å². The maximum absolute atomic E-state index is 5.94. The third kappa shape index (κ3) is 6.99. The summed E-state index contributed by atoms with van der Waals surface area (Å²) in [4.78, 5) is 0. The predicted octanol–water partition coefficient (Wildman–Crippen LogP) is 1.56. The van der Waals surface area contributed by atoms with E-state index in [1.54, 1.807) is 14.2 Å². The van der Waals surface area contributed by atoms with E-state index in [0.29, 0.717) is 0 Å². The van der Waals surface area contributed by atoms with Crippen LogP contribution in [0.5, 0.6) is 0 Å². The Kier molecular flexibility index (Phi) is 6.29. The second-order valence-electron chi connectivity index (χ2n) is 4.06. The van der Waals surface area contributed by atoms with E-state index in [2.05, 4.69) is 13.8 Å². The summed E-state index contributed by atoms with van der Waals surface area (Å²) < 4.78 is 10.3. The maximum atomic E-state index is 5.94. The van der Waals surface area contributed by atoms with Gasteiger partial charge in [-0.2, -0.15) is 0 Å². The highest BCUT2D eigenvalue weighted by atomic mass is 16.5. The van der Waals surface area contributed by atoms with Crippen molar-refractivity contribution in [3.63, 3.8) is 0 Å². The number of hydrogen-bond donors (Lipinski definition) is 1. The van der Waals surface area contributed by atoms with Gasteiger partial charge in [0.05, 0.1) is 5.60 Å². The zero-order chi connectivity index (χ0) is 10.3. The van der Waals surface area contributed by atoms with E-state index in [4.69, 9.17) is 15.2 Å². The van der Waals surface area contributed by atoms with Gasteiger partial charge in [-0.3, -0.25) is 0 Å². The lowest BCUT2D eigenvalue weighted by Gasteiger charge is -2.26. The van der Waals surface area contributed by atoms with E-state index in [1.165, 1.54) is 0 Å². The third-order valence-corrected chi connectivity index (χ3v) is 2.23. The topological polar surface area (TPSA) is 44.5 Å². The second kappa shape index (κ2) is 6.35. The molecule has 2 N–H and O–H groups in total. The van der Waals surface area contributed by atoms with Crippen molar-refractivity contribution in [2.24, 2.45) is 5.73 Å². The molecule has 0 amide bonds. The average Bonchev–Trinajstić information content (AvgIpc) is 2.04. The number of ether oxygens (including phenoxy) is 2. The Balaban J connectivity index is 3.55. The summed E-state index contributed by atoms with van der Waals surface area (Å²) in [6.45, 7) is 4.91. The minimum absolute atomic E-state index is 0.105. The van der Waals surface area contributed by atoms with E-state index < -0.39 is 0 Å². The molecule has 0 heterocycles. The van der Waals surface area contributed by atoms with Crippen molar-refractivity contribution in [1.82, 2.24) is 0 Å². The van der Waals surface area contributed by atoms with Gasteiger partial charge in [-0.25, -0.2) is 0 Å². The zero-order valence-electron chi connectivity index (χ0n) is 9.30. The van der Waals surface area contributed by atoms with Crippen molar-refractivity contribution in [3.05, 3.63) is 0 Å². The van der Waals surface area contributed by atoms with Crippen molar-refractivity contribution >= 4 is 0 Å². The first-order chi connectivity index (χ1) is 6.02.